The average molecular weight is 393 g/mol. The van der Waals surface area contributed by atoms with Crippen molar-refractivity contribution in [3.05, 3.63) is 98.3 Å². The van der Waals surface area contributed by atoms with Crippen LogP contribution in [0.15, 0.2) is 70.5 Å². The van der Waals surface area contributed by atoms with E-state index < -0.39 is 11.1 Å². The molecular weight excluding hydrogens is 370 g/mol. The van der Waals surface area contributed by atoms with Gasteiger partial charge in [-0.25, -0.2) is 0 Å². The van der Waals surface area contributed by atoms with E-state index in [0.29, 0.717) is 12.3 Å². The molecule has 2 aromatic carbocycles. The number of carbonyl (C=O) groups is 1. The van der Waals surface area contributed by atoms with Crippen molar-refractivity contribution in [3.63, 3.8) is 0 Å². The van der Waals surface area contributed by atoms with E-state index in [1.165, 1.54) is 17.0 Å². The van der Waals surface area contributed by atoms with E-state index in [9.17, 15) is 14.4 Å². The summed E-state index contributed by atoms with van der Waals surface area (Å²) in [5.41, 5.74) is 1.45. The summed E-state index contributed by atoms with van der Waals surface area (Å²) in [5, 5.41) is 2.76. The van der Waals surface area contributed by atoms with E-state index in [4.69, 9.17) is 4.74 Å². The molecule has 7 heteroatoms. The molecule has 0 aliphatic carbocycles. The third-order valence-corrected chi connectivity index (χ3v) is 4.59. The molecule has 0 radical (unpaired) electrons. The summed E-state index contributed by atoms with van der Waals surface area (Å²) >= 11 is 0. The molecule has 0 unspecified atom stereocenters. The molecule has 0 bridgehead atoms. The molecule has 7 nitrogen and oxygen atoms in total. The summed E-state index contributed by atoms with van der Waals surface area (Å²) in [7, 11) is 1.55. The molecule has 1 aromatic heterocycles. The maximum Gasteiger partial charge on any atom is 0.316 e. The highest BCUT2D eigenvalue weighted by atomic mass is 16.5. The zero-order valence-corrected chi connectivity index (χ0v) is 16.4. The predicted molar refractivity (Wildman–Crippen MR) is 110 cm³/mol. The normalized spacial score (nSPS) is 10.6. The van der Waals surface area contributed by atoms with Crippen LogP contribution in [0.4, 0.5) is 0 Å². The number of ether oxygens (including phenoxy) is 1. The molecule has 0 saturated heterocycles. The third kappa shape index (κ3) is 5.01. The fourth-order valence-corrected chi connectivity index (χ4v) is 2.93. The molecule has 0 saturated carbocycles. The van der Waals surface area contributed by atoms with Gasteiger partial charge in [-0.3, -0.25) is 19.0 Å². The number of aromatic nitrogens is 2. The number of carbonyl (C=O) groups excluding carboxylic acids is 1. The Bertz CT molecular complexity index is 1110. The van der Waals surface area contributed by atoms with Gasteiger partial charge in [-0.05, 0) is 18.6 Å². The largest absolute Gasteiger partial charge is 0.496 e. The van der Waals surface area contributed by atoms with Gasteiger partial charge < -0.3 is 14.6 Å². The number of amides is 1. The predicted octanol–water partition coefficient (Wildman–Crippen LogP) is 1.69. The maximum absolute atomic E-state index is 12.4. The van der Waals surface area contributed by atoms with Gasteiger partial charge in [0, 0.05) is 24.5 Å². The van der Waals surface area contributed by atoms with E-state index >= 15 is 0 Å². The van der Waals surface area contributed by atoms with Crippen molar-refractivity contribution in [3.8, 4) is 5.75 Å². The molecule has 1 amide bonds. The highest BCUT2D eigenvalue weighted by Crippen LogP contribution is 2.17. The van der Waals surface area contributed by atoms with E-state index in [1.807, 2.05) is 49.4 Å². The van der Waals surface area contributed by atoms with Crippen molar-refractivity contribution in [1.82, 2.24) is 14.5 Å². The first-order chi connectivity index (χ1) is 14.0. The van der Waals surface area contributed by atoms with Crippen LogP contribution in [0.2, 0.25) is 0 Å². The second-order valence-electron chi connectivity index (χ2n) is 6.74. The SMILES string of the molecule is COc1ccccc1Cn1ccn(CC(=O)NCc2ccc(C)cc2)c(=O)c1=O. The number of para-hydroxylation sites is 1. The van der Waals surface area contributed by atoms with Gasteiger partial charge >= 0.3 is 11.1 Å². The number of hydrogen-bond acceptors (Lipinski definition) is 4. The Kier molecular flexibility index (Phi) is 6.29. The molecule has 0 fully saturated rings. The lowest BCUT2D eigenvalue weighted by Crippen LogP contribution is -2.43. The second-order valence-corrected chi connectivity index (χ2v) is 6.74. The molecule has 1 N–H and O–H groups in total. The Morgan fingerprint density at radius 2 is 1.62 bits per heavy atom. The van der Waals surface area contributed by atoms with Crippen LogP contribution >= 0.6 is 0 Å². The number of hydrogen-bond donors (Lipinski definition) is 1. The zero-order chi connectivity index (χ0) is 20.8. The molecule has 0 aliphatic heterocycles. The minimum absolute atomic E-state index is 0.207. The number of rotatable bonds is 7. The van der Waals surface area contributed by atoms with Crippen molar-refractivity contribution in [2.75, 3.05) is 7.11 Å². The van der Waals surface area contributed by atoms with Crippen molar-refractivity contribution in [1.29, 1.82) is 0 Å². The monoisotopic (exact) mass is 393 g/mol. The number of benzene rings is 2. The van der Waals surface area contributed by atoms with Gasteiger partial charge in [-0.15, -0.1) is 0 Å². The molecule has 0 spiro atoms. The first-order valence-electron chi connectivity index (χ1n) is 9.22. The van der Waals surface area contributed by atoms with Crippen LogP contribution in [-0.2, 0) is 24.4 Å². The van der Waals surface area contributed by atoms with Crippen LogP contribution in [0.5, 0.6) is 5.75 Å². The molecule has 150 valence electrons. The van der Waals surface area contributed by atoms with Gasteiger partial charge in [0.1, 0.15) is 12.3 Å². The summed E-state index contributed by atoms with van der Waals surface area (Å²) in [6.07, 6.45) is 2.95. The third-order valence-electron chi connectivity index (χ3n) is 4.59. The van der Waals surface area contributed by atoms with E-state index in [1.54, 1.807) is 13.2 Å². The van der Waals surface area contributed by atoms with Crippen LogP contribution in [0.25, 0.3) is 0 Å². The van der Waals surface area contributed by atoms with Crippen LogP contribution in [0.1, 0.15) is 16.7 Å². The summed E-state index contributed by atoms with van der Waals surface area (Å²) in [5.74, 6) is 0.300. The van der Waals surface area contributed by atoms with Gasteiger partial charge in [0.2, 0.25) is 5.91 Å². The lowest BCUT2D eigenvalue weighted by molar-refractivity contribution is -0.121. The standard InChI is InChI=1S/C22H23N3O4/c1-16-7-9-17(10-8-16)13-23-20(26)15-25-12-11-24(21(27)22(25)28)14-18-5-3-4-6-19(18)29-2/h3-12H,13-15H2,1-2H3,(H,23,26). The molecule has 3 aromatic rings. The van der Waals surface area contributed by atoms with Gasteiger partial charge in [0.25, 0.3) is 0 Å². The van der Waals surface area contributed by atoms with E-state index in [-0.39, 0.29) is 19.0 Å². The van der Waals surface area contributed by atoms with Crippen LogP contribution < -0.4 is 21.2 Å². The topological polar surface area (TPSA) is 82.3 Å². The molecule has 29 heavy (non-hydrogen) atoms. The van der Waals surface area contributed by atoms with Gasteiger partial charge in [-0.1, -0.05) is 48.0 Å². The first-order valence-corrected chi connectivity index (χ1v) is 9.22. The summed E-state index contributed by atoms with van der Waals surface area (Å²) in [4.78, 5) is 37.0. The molecule has 1 heterocycles. The van der Waals surface area contributed by atoms with Crippen molar-refractivity contribution >= 4 is 5.91 Å². The van der Waals surface area contributed by atoms with Gasteiger partial charge in [-0.2, -0.15) is 0 Å². The molecular formula is C22H23N3O4. The summed E-state index contributed by atoms with van der Waals surface area (Å²) < 4.78 is 7.71. The number of methoxy groups -OCH3 is 1. The Morgan fingerprint density at radius 3 is 2.34 bits per heavy atom. The van der Waals surface area contributed by atoms with Crippen LogP contribution in [0.3, 0.4) is 0 Å². The van der Waals surface area contributed by atoms with E-state index in [2.05, 4.69) is 5.32 Å². The smallest absolute Gasteiger partial charge is 0.316 e. The van der Waals surface area contributed by atoms with Crippen LogP contribution in [-0.4, -0.2) is 22.2 Å². The molecule has 0 atom stereocenters. The minimum Gasteiger partial charge on any atom is -0.496 e. The maximum atomic E-state index is 12.4. The van der Waals surface area contributed by atoms with Gasteiger partial charge in [0.15, 0.2) is 0 Å². The number of nitrogens with zero attached hydrogens (tertiary/aromatic N) is 2. The summed E-state index contributed by atoms with van der Waals surface area (Å²) in [6.45, 7) is 2.34. The number of aryl methyl sites for hydroxylation is 1. The summed E-state index contributed by atoms with van der Waals surface area (Å²) in [6, 6.07) is 15.1. The van der Waals surface area contributed by atoms with E-state index in [0.717, 1.165) is 21.3 Å². The Hall–Kier alpha value is -3.61. The Balaban J connectivity index is 1.69. The Labute approximate surface area is 168 Å². The molecule has 3 rings (SSSR count). The quantitative estimate of drug-likeness (QED) is 0.620. The number of nitrogens with one attached hydrogen (secondary N) is 1. The average Bonchev–Trinajstić information content (AvgIpc) is 2.73. The molecule has 0 aliphatic rings. The minimum atomic E-state index is -0.743. The zero-order valence-electron chi connectivity index (χ0n) is 16.4. The lowest BCUT2D eigenvalue weighted by Gasteiger charge is -2.11. The fraction of sp³-hybridized carbons (Fsp3) is 0.227. The first kappa shape index (κ1) is 20.1. The van der Waals surface area contributed by atoms with Crippen molar-refractivity contribution in [2.45, 2.75) is 26.6 Å². The highest BCUT2D eigenvalue weighted by molar-refractivity contribution is 5.75. The fourth-order valence-electron chi connectivity index (χ4n) is 2.93. The van der Waals surface area contributed by atoms with Gasteiger partial charge in [0.05, 0.1) is 13.7 Å². The second kappa shape index (κ2) is 9.05. The van der Waals surface area contributed by atoms with Crippen molar-refractivity contribution in [2.24, 2.45) is 0 Å². The Morgan fingerprint density at radius 1 is 0.966 bits per heavy atom. The van der Waals surface area contributed by atoms with Crippen LogP contribution in [0, 0.1) is 6.92 Å². The lowest BCUT2D eigenvalue weighted by atomic mass is 10.1. The van der Waals surface area contributed by atoms with Crippen molar-refractivity contribution < 1.29 is 9.53 Å². The highest BCUT2D eigenvalue weighted by Gasteiger charge is 2.10.